The lowest BCUT2D eigenvalue weighted by Crippen LogP contribution is -2.46. The number of hydrogen-bond donors (Lipinski definition) is 7. The van der Waals surface area contributed by atoms with E-state index < -0.39 is 29.5 Å². The molecule has 9 nitrogen and oxygen atoms in total. The molecule has 0 fully saturated rings. The zero-order chi connectivity index (χ0) is 22.3. The van der Waals surface area contributed by atoms with E-state index in [0.29, 0.717) is 38.0 Å². The number of aliphatic hydroxyl groups excluding tert-OH is 3. The molecule has 10 heteroatoms. The molecule has 29 heavy (non-hydrogen) atoms. The van der Waals surface area contributed by atoms with Gasteiger partial charge in [0, 0.05) is 37.1 Å². The van der Waals surface area contributed by atoms with Crippen LogP contribution in [0.15, 0.2) is 0 Å². The fourth-order valence-corrected chi connectivity index (χ4v) is 3.06. The van der Waals surface area contributed by atoms with Gasteiger partial charge in [-0.3, -0.25) is 14.4 Å². The molecule has 0 aliphatic heterocycles. The number of unbranched alkanes of at least 4 members (excludes halogenated alkanes) is 1. The van der Waals surface area contributed by atoms with E-state index in [4.69, 9.17) is 10.2 Å². The standard InChI is InChI=1S/C19H36N2O7S/c1-19(2,13-22)17(27)18(28)21-9-7-15(24)20-10-12-29-11-8-14(23)5-3-4-6-16(25)26/h11,14,17,22-23,27,29H,3-10,12-13H2,1-2H3,(H,20,24)(H,21,28)(H,25,26)/t14-,17+/m1/s1. The summed E-state index contributed by atoms with van der Waals surface area (Å²) in [5.74, 6) is -0.952. The third kappa shape index (κ3) is 14.2. The maximum absolute atomic E-state index is 11.8. The van der Waals surface area contributed by atoms with E-state index in [0.717, 1.165) is 11.4 Å². The van der Waals surface area contributed by atoms with E-state index in [9.17, 15) is 24.6 Å². The molecule has 0 radical (unpaired) electrons. The van der Waals surface area contributed by atoms with Gasteiger partial charge >= 0.3 is 5.97 Å². The lowest BCUT2D eigenvalue weighted by molar-refractivity contribution is -0.138. The number of carboxylic acid groups (broad SMARTS) is 1. The monoisotopic (exact) mass is 436 g/mol. The Balaban J connectivity index is 3.77. The van der Waals surface area contributed by atoms with Crippen LogP contribution in [0.25, 0.3) is 0 Å². The number of nitrogens with one attached hydrogen (secondary N) is 2. The molecule has 0 aliphatic carbocycles. The molecule has 0 unspecified atom stereocenters. The largest absolute Gasteiger partial charge is 0.481 e. The molecule has 0 aliphatic rings. The second kappa shape index (κ2) is 15.4. The van der Waals surface area contributed by atoms with Gasteiger partial charge in [-0.2, -0.15) is 0 Å². The van der Waals surface area contributed by atoms with Gasteiger partial charge in [0.25, 0.3) is 0 Å². The summed E-state index contributed by atoms with van der Waals surface area (Å²) in [5, 5.41) is 44.4. The van der Waals surface area contributed by atoms with Gasteiger partial charge in [0.2, 0.25) is 11.8 Å². The minimum atomic E-state index is -1.35. The van der Waals surface area contributed by atoms with Crippen molar-refractivity contribution in [3.8, 4) is 0 Å². The topological polar surface area (TPSA) is 156 Å². The second-order valence-corrected chi connectivity index (χ2v) is 8.74. The van der Waals surface area contributed by atoms with Gasteiger partial charge in [-0.1, -0.05) is 25.6 Å². The van der Waals surface area contributed by atoms with Crippen LogP contribution in [0, 0.1) is 5.41 Å². The number of carbonyl (C=O) groups excluding carboxylic acids is 2. The quantitative estimate of drug-likeness (QED) is 0.0990. The van der Waals surface area contributed by atoms with Crippen LogP contribution in [0.2, 0.25) is 0 Å². The molecule has 6 N–H and O–H groups in total. The smallest absolute Gasteiger partial charge is 0.303 e. The Labute approximate surface area is 175 Å². The summed E-state index contributed by atoms with van der Waals surface area (Å²) in [6, 6.07) is 0. The van der Waals surface area contributed by atoms with Gasteiger partial charge in [-0.25, -0.2) is 11.4 Å². The molecule has 0 saturated heterocycles. The van der Waals surface area contributed by atoms with Crippen LogP contribution in [-0.4, -0.2) is 81.2 Å². The van der Waals surface area contributed by atoms with Crippen molar-refractivity contribution >= 4 is 34.5 Å². The van der Waals surface area contributed by atoms with Crippen molar-refractivity contribution in [1.29, 1.82) is 0 Å². The van der Waals surface area contributed by atoms with E-state index in [1.54, 1.807) is 13.8 Å². The van der Waals surface area contributed by atoms with E-state index in [1.807, 2.05) is 5.37 Å². The predicted molar refractivity (Wildman–Crippen MR) is 114 cm³/mol. The molecule has 2 amide bonds. The Morgan fingerprint density at radius 3 is 2.38 bits per heavy atom. The Morgan fingerprint density at radius 2 is 1.76 bits per heavy atom. The SMILES string of the molecule is CC(C)(CO)[C@@H](O)C(=O)NCCC(=O)NCC[SH]=CC[C@H](O)CCCCC(=O)O. The Kier molecular flexibility index (Phi) is 14.6. The van der Waals surface area contributed by atoms with E-state index in [-0.39, 0.29) is 31.9 Å². The maximum Gasteiger partial charge on any atom is 0.303 e. The number of amides is 2. The van der Waals surface area contributed by atoms with Gasteiger partial charge < -0.3 is 31.1 Å². The second-order valence-electron chi connectivity index (χ2n) is 7.56. The summed E-state index contributed by atoms with van der Waals surface area (Å²) in [7, 11) is 0. The molecule has 0 saturated carbocycles. The van der Waals surface area contributed by atoms with Gasteiger partial charge in [0.1, 0.15) is 6.10 Å². The van der Waals surface area contributed by atoms with E-state index in [2.05, 4.69) is 10.6 Å². The van der Waals surface area contributed by atoms with Crippen molar-refractivity contribution in [2.75, 3.05) is 25.4 Å². The molecule has 2 atom stereocenters. The van der Waals surface area contributed by atoms with Crippen molar-refractivity contribution in [2.24, 2.45) is 5.41 Å². The average Bonchev–Trinajstić information content (AvgIpc) is 2.66. The van der Waals surface area contributed by atoms with E-state index in [1.165, 1.54) is 0 Å². The van der Waals surface area contributed by atoms with Crippen LogP contribution in [-0.2, 0) is 14.4 Å². The summed E-state index contributed by atoms with van der Waals surface area (Å²) in [5.41, 5.74) is -0.950. The maximum atomic E-state index is 11.8. The number of hydrogen-bond acceptors (Lipinski definition) is 6. The molecule has 170 valence electrons. The molecular weight excluding hydrogens is 400 g/mol. The lowest BCUT2D eigenvalue weighted by Gasteiger charge is -2.27. The molecule has 0 aromatic rings. The van der Waals surface area contributed by atoms with Crippen LogP contribution in [0.5, 0.6) is 0 Å². The number of carboxylic acids is 1. The van der Waals surface area contributed by atoms with Crippen LogP contribution in [0.4, 0.5) is 0 Å². The normalized spacial score (nSPS) is 14.1. The van der Waals surface area contributed by atoms with Crippen molar-refractivity contribution in [3.63, 3.8) is 0 Å². The number of aliphatic hydroxyl groups is 3. The molecule has 0 aromatic heterocycles. The first kappa shape index (κ1) is 27.5. The molecular formula is C19H36N2O7S. The minimum Gasteiger partial charge on any atom is -0.481 e. The van der Waals surface area contributed by atoms with Crippen LogP contribution in [0.3, 0.4) is 0 Å². The highest BCUT2D eigenvalue weighted by atomic mass is 32.1. The summed E-state index contributed by atoms with van der Waals surface area (Å²) >= 11 is 0.990. The van der Waals surface area contributed by atoms with Gasteiger partial charge in [0.15, 0.2) is 0 Å². The van der Waals surface area contributed by atoms with Crippen molar-refractivity contribution < 1.29 is 34.8 Å². The molecule has 0 rings (SSSR count). The molecule has 0 aromatic carbocycles. The molecule has 0 bridgehead atoms. The first-order valence-electron chi connectivity index (χ1n) is 9.81. The van der Waals surface area contributed by atoms with Crippen molar-refractivity contribution in [2.45, 2.75) is 64.6 Å². The number of rotatable bonds is 16. The molecule has 0 spiro atoms. The highest BCUT2D eigenvalue weighted by molar-refractivity contribution is 7.97. The third-order valence-electron chi connectivity index (χ3n) is 4.30. The Bertz CT molecular complexity index is 541. The van der Waals surface area contributed by atoms with Crippen molar-refractivity contribution in [3.05, 3.63) is 0 Å². The first-order valence-corrected chi connectivity index (χ1v) is 11.0. The highest BCUT2D eigenvalue weighted by Crippen LogP contribution is 2.19. The number of aliphatic carboxylic acids is 1. The minimum absolute atomic E-state index is 0.0909. The fourth-order valence-electron chi connectivity index (χ4n) is 2.25. The van der Waals surface area contributed by atoms with Gasteiger partial charge in [0.05, 0.1) is 12.7 Å². The van der Waals surface area contributed by atoms with Crippen LogP contribution >= 0.6 is 11.4 Å². The zero-order valence-corrected chi connectivity index (χ0v) is 18.2. The van der Waals surface area contributed by atoms with Gasteiger partial charge in [-0.05, 0) is 19.3 Å². The summed E-state index contributed by atoms with van der Waals surface area (Å²) < 4.78 is 0. The Hall–Kier alpha value is -1.49. The number of carbonyl (C=O) groups is 3. The average molecular weight is 437 g/mol. The third-order valence-corrected chi connectivity index (χ3v) is 5.25. The van der Waals surface area contributed by atoms with Gasteiger partial charge in [-0.15, -0.1) is 0 Å². The predicted octanol–water partition coefficient (Wildman–Crippen LogP) is -0.348. The fraction of sp³-hybridized carbons (Fsp3) is 0.789. The lowest BCUT2D eigenvalue weighted by atomic mass is 9.87. The summed E-state index contributed by atoms with van der Waals surface area (Å²) in [6.45, 7) is 3.37. The van der Waals surface area contributed by atoms with Crippen molar-refractivity contribution in [1.82, 2.24) is 10.6 Å². The van der Waals surface area contributed by atoms with Crippen LogP contribution in [0.1, 0.15) is 52.4 Å². The first-order chi connectivity index (χ1) is 13.6. The zero-order valence-electron chi connectivity index (χ0n) is 17.3. The van der Waals surface area contributed by atoms with E-state index >= 15 is 0 Å². The van der Waals surface area contributed by atoms with Crippen LogP contribution < -0.4 is 10.6 Å². The highest BCUT2D eigenvalue weighted by Gasteiger charge is 2.32. The summed E-state index contributed by atoms with van der Waals surface area (Å²) in [6.07, 6.45) is 0.742. The summed E-state index contributed by atoms with van der Waals surface area (Å²) in [4.78, 5) is 33.9. The number of thiol groups is 1. The molecule has 0 heterocycles. The Morgan fingerprint density at radius 1 is 1.07 bits per heavy atom.